The average molecular weight is 285 g/mol. The van der Waals surface area contributed by atoms with Crippen LogP contribution in [0.15, 0.2) is 39.5 Å². The molecule has 1 aromatic heterocycles. The monoisotopic (exact) mass is 284 g/mol. The Morgan fingerprint density at radius 3 is 2.79 bits per heavy atom. The summed E-state index contributed by atoms with van der Waals surface area (Å²) in [5.74, 6) is -0.521. The summed E-state index contributed by atoms with van der Waals surface area (Å²) in [6.07, 6.45) is 0. The van der Waals surface area contributed by atoms with Crippen molar-refractivity contribution in [2.45, 2.75) is 6.92 Å². The van der Waals surface area contributed by atoms with Crippen molar-refractivity contribution in [2.75, 3.05) is 13.2 Å². The molecule has 0 aliphatic rings. The van der Waals surface area contributed by atoms with E-state index in [1.807, 2.05) is 6.07 Å². The van der Waals surface area contributed by atoms with E-state index in [0.29, 0.717) is 5.58 Å². The van der Waals surface area contributed by atoms with Crippen LogP contribution in [0, 0.1) is 0 Å². The Morgan fingerprint density at radius 1 is 1.32 bits per heavy atom. The maximum atomic E-state index is 11.6. The second-order valence-corrected chi connectivity index (χ2v) is 3.53. The number of esters is 1. The highest BCUT2D eigenvalue weighted by Crippen LogP contribution is 2.16. The fourth-order valence-electron chi connectivity index (χ4n) is 1.48. The minimum Gasteiger partial charge on any atom is -0.475 e. The smallest absolute Gasteiger partial charge is 0.379 e. The summed E-state index contributed by atoms with van der Waals surface area (Å²) in [6, 6.07) is 8.60. The van der Waals surface area contributed by atoms with E-state index < -0.39 is 11.6 Å². The van der Waals surface area contributed by atoms with Gasteiger partial charge in [-0.05, 0) is 19.1 Å². The minimum absolute atomic E-state index is 0. The lowest BCUT2D eigenvalue weighted by Gasteiger charge is -2.05. The van der Waals surface area contributed by atoms with E-state index >= 15 is 0 Å². The number of benzene rings is 1. The van der Waals surface area contributed by atoms with Crippen molar-refractivity contribution in [2.24, 2.45) is 0 Å². The summed E-state index contributed by atoms with van der Waals surface area (Å²) < 4.78 is 14.8. The van der Waals surface area contributed by atoms with Crippen LogP contribution in [0.5, 0.6) is 5.75 Å². The quantitative estimate of drug-likeness (QED) is 0.636. The molecule has 6 heteroatoms. The van der Waals surface area contributed by atoms with E-state index in [-0.39, 0.29) is 31.4 Å². The van der Waals surface area contributed by atoms with Crippen LogP contribution in [0.3, 0.4) is 0 Å². The van der Waals surface area contributed by atoms with Crippen LogP contribution in [-0.4, -0.2) is 19.2 Å². The van der Waals surface area contributed by atoms with Crippen molar-refractivity contribution in [3.05, 3.63) is 40.8 Å². The fraction of sp³-hybridized carbons (Fsp3) is 0.231. The normalized spacial score (nSPS) is 9.74. The molecule has 0 spiro atoms. The van der Waals surface area contributed by atoms with Crippen LogP contribution in [0.1, 0.15) is 6.92 Å². The van der Waals surface area contributed by atoms with Crippen molar-refractivity contribution < 1.29 is 18.7 Å². The fourth-order valence-corrected chi connectivity index (χ4v) is 1.48. The summed E-state index contributed by atoms with van der Waals surface area (Å²) in [5, 5.41) is 0.732. The SMILES string of the molecule is CCOC(=O)COc1cc2ccccc2oc1=O.Cl. The summed E-state index contributed by atoms with van der Waals surface area (Å²) in [6.45, 7) is 1.66. The Labute approximate surface area is 115 Å². The lowest BCUT2D eigenvalue weighted by Crippen LogP contribution is -2.17. The third-order valence-corrected chi connectivity index (χ3v) is 2.26. The first-order chi connectivity index (χ1) is 8.70. The molecule has 0 saturated carbocycles. The van der Waals surface area contributed by atoms with Gasteiger partial charge in [-0.15, -0.1) is 12.4 Å². The van der Waals surface area contributed by atoms with Crippen LogP contribution < -0.4 is 10.4 Å². The van der Waals surface area contributed by atoms with Gasteiger partial charge in [-0.2, -0.15) is 0 Å². The molecule has 0 aliphatic heterocycles. The molecule has 102 valence electrons. The van der Waals surface area contributed by atoms with E-state index in [1.54, 1.807) is 31.2 Å². The maximum Gasteiger partial charge on any atom is 0.379 e. The Bertz CT molecular complexity index is 620. The number of hydrogen-bond donors (Lipinski definition) is 0. The van der Waals surface area contributed by atoms with Crippen LogP contribution in [0.25, 0.3) is 11.0 Å². The summed E-state index contributed by atoms with van der Waals surface area (Å²) >= 11 is 0. The molecule has 2 aromatic rings. The van der Waals surface area contributed by atoms with Crippen molar-refractivity contribution >= 4 is 29.3 Å². The van der Waals surface area contributed by atoms with Gasteiger partial charge in [0.2, 0.25) is 5.75 Å². The zero-order valence-corrected chi connectivity index (χ0v) is 11.1. The lowest BCUT2D eigenvalue weighted by molar-refractivity contribution is -0.145. The maximum absolute atomic E-state index is 11.6. The van der Waals surface area contributed by atoms with Crippen LogP contribution >= 0.6 is 12.4 Å². The van der Waals surface area contributed by atoms with Gasteiger partial charge in [0.05, 0.1) is 6.61 Å². The second-order valence-electron chi connectivity index (χ2n) is 3.53. The van der Waals surface area contributed by atoms with Crippen LogP contribution in [0.4, 0.5) is 0 Å². The predicted octanol–water partition coefficient (Wildman–Crippen LogP) is 2.16. The van der Waals surface area contributed by atoms with Gasteiger partial charge in [-0.3, -0.25) is 0 Å². The standard InChI is InChI=1S/C13H12O5.ClH/c1-2-16-12(14)8-17-11-7-9-5-3-4-6-10(9)18-13(11)15;/h3-7H,2,8H2,1H3;1H. The molecule has 1 aromatic carbocycles. The zero-order chi connectivity index (χ0) is 13.0. The summed E-state index contributed by atoms with van der Waals surface area (Å²) in [5.41, 5.74) is -0.135. The summed E-state index contributed by atoms with van der Waals surface area (Å²) in [7, 11) is 0. The number of carbonyl (C=O) groups is 1. The molecule has 0 saturated heterocycles. The van der Waals surface area contributed by atoms with E-state index in [4.69, 9.17) is 13.9 Å². The van der Waals surface area contributed by atoms with Crippen LogP contribution in [0.2, 0.25) is 0 Å². The molecule has 5 nitrogen and oxygen atoms in total. The van der Waals surface area contributed by atoms with Gasteiger partial charge in [0.15, 0.2) is 6.61 Å². The molecular weight excluding hydrogens is 272 g/mol. The average Bonchev–Trinajstić information content (AvgIpc) is 2.36. The number of rotatable bonds is 4. The number of para-hydroxylation sites is 1. The number of ether oxygens (including phenoxy) is 2. The van der Waals surface area contributed by atoms with Gasteiger partial charge in [0.25, 0.3) is 0 Å². The van der Waals surface area contributed by atoms with E-state index in [2.05, 4.69) is 0 Å². The van der Waals surface area contributed by atoms with Gasteiger partial charge in [0.1, 0.15) is 5.58 Å². The largest absolute Gasteiger partial charge is 0.475 e. The Balaban J connectivity index is 0.00000180. The first kappa shape index (κ1) is 15.0. The highest BCUT2D eigenvalue weighted by atomic mass is 35.5. The Kier molecular flexibility index (Phi) is 5.38. The number of carbonyl (C=O) groups excluding carboxylic acids is 1. The van der Waals surface area contributed by atoms with Crippen molar-refractivity contribution in [3.63, 3.8) is 0 Å². The molecule has 0 N–H and O–H groups in total. The van der Waals surface area contributed by atoms with Gasteiger partial charge in [-0.25, -0.2) is 9.59 Å². The third kappa shape index (κ3) is 3.72. The summed E-state index contributed by atoms with van der Waals surface area (Å²) in [4.78, 5) is 22.7. The molecular formula is C13H13ClO5. The first-order valence-corrected chi connectivity index (χ1v) is 5.52. The van der Waals surface area contributed by atoms with Crippen molar-refractivity contribution in [1.29, 1.82) is 0 Å². The highest BCUT2D eigenvalue weighted by Gasteiger charge is 2.09. The van der Waals surface area contributed by atoms with E-state index in [1.165, 1.54) is 0 Å². The van der Waals surface area contributed by atoms with Gasteiger partial charge < -0.3 is 13.9 Å². The van der Waals surface area contributed by atoms with E-state index in [0.717, 1.165) is 5.39 Å². The lowest BCUT2D eigenvalue weighted by atomic mass is 10.2. The molecule has 0 bridgehead atoms. The third-order valence-electron chi connectivity index (χ3n) is 2.26. The molecule has 0 amide bonds. The van der Waals surface area contributed by atoms with Gasteiger partial charge >= 0.3 is 11.6 Å². The van der Waals surface area contributed by atoms with Crippen LogP contribution in [-0.2, 0) is 9.53 Å². The zero-order valence-electron chi connectivity index (χ0n) is 10.3. The number of halogens is 1. The number of fused-ring (bicyclic) bond motifs is 1. The molecule has 2 rings (SSSR count). The molecule has 1 heterocycles. The molecule has 0 atom stereocenters. The van der Waals surface area contributed by atoms with Gasteiger partial charge in [0, 0.05) is 5.39 Å². The van der Waals surface area contributed by atoms with E-state index in [9.17, 15) is 9.59 Å². The molecule has 0 aliphatic carbocycles. The van der Waals surface area contributed by atoms with Crippen molar-refractivity contribution in [3.8, 4) is 5.75 Å². The predicted molar refractivity (Wildman–Crippen MR) is 71.9 cm³/mol. The van der Waals surface area contributed by atoms with Crippen molar-refractivity contribution in [1.82, 2.24) is 0 Å². The molecule has 0 fully saturated rings. The molecule has 0 radical (unpaired) electrons. The molecule has 19 heavy (non-hydrogen) atoms. The topological polar surface area (TPSA) is 65.7 Å². The highest BCUT2D eigenvalue weighted by molar-refractivity contribution is 5.85. The minimum atomic E-state index is -0.613. The number of hydrogen-bond acceptors (Lipinski definition) is 5. The Morgan fingerprint density at radius 2 is 2.05 bits per heavy atom. The first-order valence-electron chi connectivity index (χ1n) is 5.52. The Hall–Kier alpha value is -2.01. The second kappa shape index (κ2) is 6.80. The van der Waals surface area contributed by atoms with Gasteiger partial charge in [-0.1, -0.05) is 18.2 Å². The molecule has 0 unspecified atom stereocenters.